The van der Waals surface area contributed by atoms with E-state index < -0.39 is 0 Å². The maximum absolute atomic E-state index is 10.9. The molecule has 3 N–H and O–H groups in total. The fraction of sp³-hybridized carbons (Fsp3) is 0.310. The molecule has 3 heterocycles. The van der Waals surface area contributed by atoms with Gasteiger partial charge in [-0.05, 0) is 50.0 Å². The van der Waals surface area contributed by atoms with E-state index in [1.165, 1.54) is 11.6 Å². The second kappa shape index (κ2) is 16.2. The van der Waals surface area contributed by atoms with Crippen LogP contribution in [0.4, 0.5) is 10.9 Å². The van der Waals surface area contributed by atoms with Crippen molar-refractivity contribution in [2.24, 2.45) is 5.73 Å². The van der Waals surface area contributed by atoms with Crippen molar-refractivity contribution < 1.29 is 6.22 Å². The second-order valence-corrected chi connectivity index (χ2v) is 9.48. The van der Waals surface area contributed by atoms with E-state index in [0.29, 0.717) is 13.0 Å². The first-order chi connectivity index (χ1) is 17.9. The fourth-order valence-corrected chi connectivity index (χ4v) is 4.26. The number of amides is 1. The lowest BCUT2D eigenvalue weighted by atomic mass is 10.1. The minimum atomic E-state index is -0.00653. The van der Waals surface area contributed by atoms with Gasteiger partial charge in [0, 0.05) is 44.1 Å². The molecule has 1 amide bonds. The number of nitrogens with one attached hydrogen (secondary N) is 1. The monoisotopic (exact) mass is 520 g/mol. The summed E-state index contributed by atoms with van der Waals surface area (Å²) >= 11 is 1.60. The maximum atomic E-state index is 10.9. The third-order valence-corrected chi connectivity index (χ3v) is 6.21. The molecule has 1 aliphatic rings. The van der Waals surface area contributed by atoms with E-state index >= 15 is 0 Å². The summed E-state index contributed by atoms with van der Waals surface area (Å²) in [4.78, 5) is 26.8. The van der Waals surface area contributed by atoms with E-state index in [1.807, 2.05) is 50.4 Å². The van der Waals surface area contributed by atoms with Crippen molar-refractivity contribution in [1.82, 2.24) is 19.9 Å². The van der Waals surface area contributed by atoms with Crippen molar-refractivity contribution in [3.05, 3.63) is 96.0 Å². The highest BCUT2D eigenvalue weighted by Crippen LogP contribution is 2.24. The average molecular weight is 521 g/mol. The van der Waals surface area contributed by atoms with Crippen LogP contribution in [0.15, 0.2) is 85.4 Å². The molecule has 2 aromatic rings. The molecule has 1 aliphatic heterocycles. The molecule has 0 saturated carbocycles. The van der Waals surface area contributed by atoms with Crippen molar-refractivity contribution in [3.63, 3.8) is 0 Å². The number of carbonyl (C=O) groups is 1. The predicted octanol–water partition coefficient (Wildman–Crippen LogP) is 6.26. The minimum absolute atomic E-state index is 0. The van der Waals surface area contributed by atoms with Crippen molar-refractivity contribution in [3.8, 4) is 0 Å². The molecular formula is C29H40N6OS. The van der Waals surface area contributed by atoms with E-state index in [4.69, 9.17) is 5.73 Å². The highest BCUT2D eigenvalue weighted by molar-refractivity contribution is 7.16. The Kier molecular flexibility index (Phi) is 13.0. The first-order valence-electron chi connectivity index (χ1n) is 12.4. The Balaban J connectivity index is 0.000000551. The summed E-state index contributed by atoms with van der Waals surface area (Å²) in [6.07, 6.45) is 21.6. The number of likely N-dealkylation sites (tertiary alicyclic amines) is 1. The smallest absolute Gasteiger partial charge is 0.246 e. The predicted molar refractivity (Wildman–Crippen MR) is 159 cm³/mol. The number of rotatable bonds is 10. The van der Waals surface area contributed by atoms with E-state index in [-0.39, 0.29) is 13.4 Å². The van der Waals surface area contributed by atoms with Gasteiger partial charge in [-0.25, -0.2) is 15.0 Å². The van der Waals surface area contributed by atoms with Crippen molar-refractivity contribution in [1.29, 1.82) is 0 Å². The lowest BCUT2D eigenvalue weighted by molar-refractivity contribution is -0.125. The number of allylic oxidation sites excluding steroid dienone is 8. The van der Waals surface area contributed by atoms with Crippen LogP contribution in [-0.4, -0.2) is 44.9 Å². The van der Waals surface area contributed by atoms with Gasteiger partial charge in [-0.2, -0.15) is 0 Å². The van der Waals surface area contributed by atoms with E-state index in [2.05, 4.69) is 58.6 Å². The fourth-order valence-electron chi connectivity index (χ4n) is 3.46. The molecule has 3 rings (SSSR count). The van der Waals surface area contributed by atoms with Gasteiger partial charge in [0.1, 0.15) is 12.1 Å². The number of carbonyl (C=O) groups excluding carboxylic acids is 1. The minimum Gasteiger partial charge on any atom is -0.338 e. The summed E-state index contributed by atoms with van der Waals surface area (Å²) in [7, 11) is 0. The first-order valence-corrected chi connectivity index (χ1v) is 13.2. The Hall–Kier alpha value is -3.62. The van der Waals surface area contributed by atoms with Crippen LogP contribution in [0.5, 0.6) is 0 Å². The van der Waals surface area contributed by atoms with Gasteiger partial charge in [0.05, 0.1) is 5.69 Å². The topological polar surface area (TPSA) is 97.0 Å². The molecule has 0 spiro atoms. The van der Waals surface area contributed by atoms with Crippen LogP contribution >= 0.6 is 11.3 Å². The zero-order valence-electron chi connectivity index (χ0n) is 22.1. The van der Waals surface area contributed by atoms with Crippen LogP contribution < -0.4 is 11.1 Å². The molecule has 0 aromatic carbocycles. The van der Waals surface area contributed by atoms with Gasteiger partial charge >= 0.3 is 0 Å². The van der Waals surface area contributed by atoms with Crippen LogP contribution in [0, 0.1) is 0 Å². The van der Waals surface area contributed by atoms with E-state index in [9.17, 15) is 4.79 Å². The van der Waals surface area contributed by atoms with Gasteiger partial charge < -0.3 is 16.0 Å². The molecule has 1 atom stereocenters. The molecule has 0 radical (unpaired) electrons. The van der Waals surface area contributed by atoms with E-state index in [0.717, 1.165) is 46.5 Å². The van der Waals surface area contributed by atoms with Gasteiger partial charge in [0.15, 0.2) is 5.13 Å². The molecule has 7 nitrogen and oxygen atoms in total. The quantitative estimate of drug-likeness (QED) is 0.284. The number of hydrogen-bond acceptors (Lipinski definition) is 7. The Morgan fingerprint density at radius 2 is 2.08 bits per heavy atom. The third-order valence-electron chi connectivity index (χ3n) is 5.35. The summed E-state index contributed by atoms with van der Waals surface area (Å²) < 4.78 is 0. The normalized spacial score (nSPS) is 15.8. The van der Waals surface area contributed by atoms with Crippen molar-refractivity contribution in [2.75, 3.05) is 18.4 Å². The third kappa shape index (κ3) is 10.9. The highest BCUT2D eigenvalue weighted by atomic mass is 32.1. The summed E-state index contributed by atoms with van der Waals surface area (Å²) in [6, 6.07) is 2.10. The standard InChI is InChI=1S/C22H26N4S.C7H12N2O.H2/c1-5-8-9-11-17(4)12-19-14-21(25-16-24-19)26-22-23-15-20(27-22)13-18(7-3)10-6-2;1-2-7(10)9-4-3-6(8)5-9;/h5-6,8-11,13-16H,4,7,12H2,1-3H3,(H,23,24,25,26);2,6H,1,3-5,8H2;1H/b8-5-,10-6-,11-9-,18-13-;;. The molecule has 0 bridgehead atoms. The Morgan fingerprint density at radius 3 is 2.73 bits per heavy atom. The number of nitrogens with zero attached hydrogens (tertiary/aromatic N) is 4. The summed E-state index contributed by atoms with van der Waals surface area (Å²) in [5, 5.41) is 4.08. The second-order valence-electron chi connectivity index (χ2n) is 8.42. The van der Waals surface area contributed by atoms with Crippen LogP contribution in [0.3, 0.4) is 0 Å². The molecule has 8 heteroatoms. The molecule has 37 heavy (non-hydrogen) atoms. The number of hydrogen-bond donors (Lipinski definition) is 2. The zero-order valence-corrected chi connectivity index (χ0v) is 22.9. The average Bonchev–Trinajstić information content (AvgIpc) is 3.52. The number of anilines is 2. The molecule has 1 saturated heterocycles. The summed E-state index contributed by atoms with van der Waals surface area (Å²) in [5.74, 6) is 0.729. The molecular weight excluding hydrogens is 480 g/mol. The molecule has 1 unspecified atom stereocenters. The lowest BCUT2D eigenvalue weighted by Crippen LogP contribution is -2.30. The zero-order chi connectivity index (χ0) is 27.0. The van der Waals surface area contributed by atoms with Gasteiger partial charge in [-0.15, -0.1) is 0 Å². The van der Waals surface area contributed by atoms with E-state index in [1.54, 1.807) is 22.6 Å². The van der Waals surface area contributed by atoms with Gasteiger partial charge in [-0.1, -0.05) is 67.9 Å². The molecule has 1 fully saturated rings. The highest BCUT2D eigenvalue weighted by Gasteiger charge is 2.21. The summed E-state index contributed by atoms with van der Waals surface area (Å²) in [6.45, 7) is 15.1. The molecule has 2 aromatic heterocycles. The summed E-state index contributed by atoms with van der Waals surface area (Å²) in [5.41, 5.74) is 8.78. The Bertz CT molecular complexity index is 1170. The Labute approximate surface area is 226 Å². The largest absolute Gasteiger partial charge is 0.338 e. The van der Waals surface area contributed by atoms with Crippen LogP contribution in [-0.2, 0) is 11.2 Å². The number of thiazole rings is 1. The van der Waals surface area contributed by atoms with Crippen molar-refractivity contribution in [2.45, 2.75) is 46.1 Å². The lowest BCUT2D eigenvalue weighted by Gasteiger charge is -2.11. The van der Waals surface area contributed by atoms with Crippen LogP contribution in [0.1, 0.15) is 45.6 Å². The van der Waals surface area contributed by atoms with Gasteiger partial charge in [0.25, 0.3) is 0 Å². The van der Waals surface area contributed by atoms with Gasteiger partial charge in [0.2, 0.25) is 5.91 Å². The number of nitrogens with two attached hydrogens (primary N) is 1. The van der Waals surface area contributed by atoms with Crippen molar-refractivity contribution >= 4 is 34.3 Å². The van der Waals surface area contributed by atoms with Crippen LogP contribution in [0.2, 0.25) is 0 Å². The number of aromatic nitrogens is 3. The first kappa shape index (κ1) is 29.6. The molecule has 198 valence electrons. The van der Waals surface area contributed by atoms with Gasteiger partial charge in [-0.3, -0.25) is 4.79 Å². The SMILES string of the molecule is C=C(/C=C\C=C/C)Cc1cc(Nc2ncc(/C=C(\C=C/C)CC)s2)ncn1.C=CC(=O)N1CCC(N)C1.[HH]. The maximum Gasteiger partial charge on any atom is 0.246 e. The van der Waals surface area contributed by atoms with Crippen LogP contribution in [0.25, 0.3) is 6.08 Å². The Morgan fingerprint density at radius 1 is 1.27 bits per heavy atom. The molecule has 0 aliphatic carbocycles.